The molecule has 1 atom stereocenters. The molecule has 2 N–H and O–H groups in total. The van der Waals surface area contributed by atoms with Crippen molar-refractivity contribution >= 4 is 17.7 Å². The van der Waals surface area contributed by atoms with Crippen molar-refractivity contribution in [3.63, 3.8) is 0 Å². The van der Waals surface area contributed by atoms with Crippen LogP contribution in [0.15, 0.2) is 78.9 Å². The summed E-state index contributed by atoms with van der Waals surface area (Å²) in [7, 11) is 3.12. The fourth-order valence-corrected chi connectivity index (χ4v) is 3.30. The van der Waals surface area contributed by atoms with Crippen molar-refractivity contribution in [2.75, 3.05) is 32.8 Å². The molecular weight excluding hydrogens is 448 g/mol. The molecule has 184 valence electrons. The average molecular weight is 479 g/mol. The molecule has 0 aliphatic rings. The van der Waals surface area contributed by atoms with E-state index >= 15 is 0 Å². The van der Waals surface area contributed by atoms with E-state index in [1.165, 1.54) is 7.11 Å². The maximum Gasteiger partial charge on any atom is 0.408 e. The normalized spacial score (nSPS) is 11.3. The minimum absolute atomic E-state index is 0.104. The number of ether oxygens (including phenoxy) is 4. The summed E-state index contributed by atoms with van der Waals surface area (Å²) < 4.78 is 21.4. The van der Waals surface area contributed by atoms with E-state index in [1.807, 2.05) is 60.7 Å². The lowest BCUT2D eigenvalue weighted by atomic mass is 10.1. The molecule has 8 nitrogen and oxygen atoms in total. The van der Waals surface area contributed by atoms with Gasteiger partial charge < -0.3 is 29.6 Å². The second-order valence-corrected chi connectivity index (χ2v) is 7.64. The zero-order valence-corrected chi connectivity index (χ0v) is 19.9. The highest BCUT2D eigenvalue weighted by Crippen LogP contribution is 2.30. The zero-order chi connectivity index (χ0) is 24.9. The lowest BCUT2D eigenvalue weighted by Gasteiger charge is -2.19. The van der Waals surface area contributed by atoms with Crippen LogP contribution in [0.5, 0.6) is 11.5 Å². The summed E-state index contributed by atoms with van der Waals surface area (Å²) >= 11 is 0. The monoisotopic (exact) mass is 478 g/mol. The minimum atomic E-state index is -0.861. The third kappa shape index (κ3) is 8.35. The molecule has 0 radical (unpaired) electrons. The van der Waals surface area contributed by atoms with Crippen molar-refractivity contribution in [1.82, 2.24) is 5.32 Å². The summed E-state index contributed by atoms with van der Waals surface area (Å²) in [5.74, 6) is 0.610. The van der Waals surface area contributed by atoms with Gasteiger partial charge in [-0.15, -0.1) is 0 Å². The van der Waals surface area contributed by atoms with Crippen LogP contribution in [-0.2, 0) is 27.3 Å². The molecule has 0 fully saturated rings. The Balaban J connectivity index is 1.69. The van der Waals surface area contributed by atoms with Crippen LogP contribution in [-0.4, -0.2) is 45.5 Å². The third-order valence-electron chi connectivity index (χ3n) is 5.08. The quantitative estimate of drug-likeness (QED) is 0.379. The fourth-order valence-electron chi connectivity index (χ4n) is 3.30. The highest BCUT2D eigenvalue weighted by molar-refractivity contribution is 5.97. The van der Waals surface area contributed by atoms with Crippen molar-refractivity contribution in [1.29, 1.82) is 0 Å². The topological polar surface area (TPSA) is 95.1 Å². The molecule has 3 rings (SSSR count). The first-order valence-corrected chi connectivity index (χ1v) is 11.2. The number of hydrogen-bond donors (Lipinski definition) is 2. The third-order valence-corrected chi connectivity index (χ3v) is 5.08. The number of hydrogen-bond acceptors (Lipinski definition) is 6. The second-order valence-electron chi connectivity index (χ2n) is 7.64. The molecule has 0 unspecified atom stereocenters. The van der Waals surface area contributed by atoms with Gasteiger partial charge in [-0.05, 0) is 23.3 Å². The summed E-state index contributed by atoms with van der Waals surface area (Å²) in [4.78, 5) is 25.7. The Hall–Kier alpha value is -4.04. The summed E-state index contributed by atoms with van der Waals surface area (Å²) in [6.07, 6.45) is -0.385. The number of anilines is 1. The summed E-state index contributed by atoms with van der Waals surface area (Å²) in [5.41, 5.74) is 2.25. The van der Waals surface area contributed by atoms with Crippen LogP contribution in [0.2, 0.25) is 0 Å². The molecule has 0 spiro atoms. The molecule has 0 heterocycles. The highest BCUT2D eigenvalue weighted by atomic mass is 16.5. The molecule has 0 aromatic heterocycles. The largest absolute Gasteiger partial charge is 0.493 e. The molecule has 0 aliphatic carbocycles. The number of alkyl carbamates (subject to hydrolysis) is 1. The Labute approximate surface area is 205 Å². The van der Waals surface area contributed by atoms with E-state index < -0.39 is 18.0 Å². The zero-order valence-electron chi connectivity index (χ0n) is 19.9. The van der Waals surface area contributed by atoms with Gasteiger partial charge in [0.15, 0.2) is 11.5 Å². The van der Waals surface area contributed by atoms with Crippen molar-refractivity contribution < 1.29 is 28.5 Å². The first kappa shape index (κ1) is 25.6. The smallest absolute Gasteiger partial charge is 0.408 e. The molecule has 0 saturated carbocycles. The Morgan fingerprint density at radius 2 is 1.51 bits per heavy atom. The standard InChI is InChI=1S/C27H30N2O6/c1-32-15-16-34-25-18-22(13-14-24(25)33-2)28-26(30)23(17-20-9-5-3-6-10-20)29-27(31)35-19-21-11-7-4-8-12-21/h3-14,18,23H,15-17,19H2,1-2H3,(H,28,30)(H,29,31)/t23-/m0/s1. The molecule has 0 bridgehead atoms. The van der Waals surface area contributed by atoms with Gasteiger partial charge in [-0.3, -0.25) is 4.79 Å². The number of carbonyl (C=O) groups excluding carboxylic acids is 2. The summed E-state index contributed by atoms with van der Waals surface area (Å²) in [6, 6.07) is 23.0. The van der Waals surface area contributed by atoms with E-state index in [0.29, 0.717) is 36.8 Å². The molecule has 3 aromatic carbocycles. The van der Waals surface area contributed by atoms with Crippen LogP contribution in [0.4, 0.5) is 10.5 Å². The van der Waals surface area contributed by atoms with E-state index in [4.69, 9.17) is 18.9 Å². The van der Waals surface area contributed by atoms with E-state index in [9.17, 15) is 9.59 Å². The van der Waals surface area contributed by atoms with Gasteiger partial charge in [0.05, 0.1) is 13.7 Å². The average Bonchev–Trinajstić information content (AvgIpc) is 2.88. The van der Waals surface area contributed by atoms with Crippen LogP contribution in [0.1, 0.15) is 11.1 Å². The van der Waals surface area contributed by atoms with E-state index in [0.717, 1.165) is 11.1 Å². The van der Waals surface area contributed by atoms with Gasteiger partial charge >= 0.3 is 6.09 Å². The summed E-state index contributed by atoms with van der Waals surface area (Å²) in [6.45, 7) is 0.844. The maximum absolute atomic E-state index is 13.2. The Morgan fingerprint density at radius 3 is 2.17 bits per heavy atom. The van der Waals surface area contributed by atoms with E-state index in [-0.39, 0.29) is 6.61 Å². The lowest BCUT2D eigenvalue weighted by Crippen LogP contribution is -2.45. The maximum atomic E-state index is 13.2. The first-order chi connectivity index (χ1) is 17.1. The van der Waals surface area contributed by atoms with Gasteiger partial charge in [-0.1, -0.05) is 60.7 Å². The number of amides is 2. The molecule has 8 heteroatoms. The number of rotatable bonds is 12. The number of methoxy groups -OCH3 is 2. The molecule has 35 heavy (non-hydrogen) atoms. The molecule has 3 aromatic rings. The van der Waals surface area contributed by atoms with Gasteiger partial charge in [-0.25, -0.2) is 4.79 Å². The number of benzene rings is 3. The predicted octanol–water partition coefficient (Wildman–Crippen LogP) is 4.20. The Kier molecular flexibility index (Phi) is 9.95. The lowest BCUT2D eigenvalue weighted by molar-refractivity contribution is -0.118. The predicted molar refractivity (Wildman–Crippen MR) is 133 cm³/mol. The van der Waals surface area contributed by atoms with Crippen LogP contribution >= 0.6 is 0 Å². The van der Waals surface area contributed by atoms with Gasteiger partial charge in [0.25, 0.3) is 0 Å². The van der Waals surface area contributed by atoms with Gasteiger partial charge in [0, 0.05) is 25.3 Å². The van der Waals surface area contributed by atoms with Gasteiger partial charge in [0.1, 0.15) is 19.3 Å². The van der Waals surface area contributed by atoms with E-state index in [1.54, 1.807) is 25.3 Å². The molecule has 2 amide bonds. The fraction of sp³-hybridized carbons (Fsp3) is 0.259. The van der Waals surface area contributed by atoms with E-state index in [2.05, 4.69) is 10.6 Å². The number of carbonyl (C=O) groups is 2. The Bertz CT molecular complexity index is 1080. The Morgan fingerprint density at radius 1 is 0.829 bits per heavy atom. The van der Waals surface area contributed by atoms with Crippen molar-refractivity contribution in [3.8, 4) is 11.5 Å². The van der Waals surface area contributed by atoms with Crippen molar-refractivity contribution in [3.05, 3.63) is 90.0 Å². The van der Waals surface area contributed by atoms with Crippen molar-refractivity contribution in [2.24, 2.45) is 0 Å². The van der Waals surface area contributed by atoms with Crippen LogP contribution in [0.3, 0.4) is 0 Å². The number of nitrogens with one attached hydrogen (secondary N) is 2. The molecule has 0 aliphatic heterocycles. The molecular formula is C27H30N2O6. The summed E-state index contributed by atoms with van der Waals surface area (Å²) in [5, 5.41) is 5.54. The van der Waals surface area contributed by atoms with Crippen LogP contribution in [0.25, 0.3) is 0 Å². The highest BCUT2D eigenvalue weighted by Gasteiger charge is 2.23. The van der Waals surface area contributed by atoms with Gasteiger partial charge in [0.2, 0.25) is 5.91 Å². The van der Waals surface area contributed by atoms with Gasteiger partial charge in [-0.2, -0.15) is 0 Å². The molecule has 0 saturated heterocycles. The first-order valence-electron chi connectivity index (χ1n) is 11.2. The SMILES string of the molecule is COCCOc1cc(NC(=O)[C@H](Cc2ccccc2)NC(=O)OCc2ccccc2)ccc1OC. The van der Waals surface area contributed by atoms with Crippen LogP contribution < -0.4 is 20.1 Å². The second kappa shape index (κ2) is 13.6. The minimum Gasteiger partial charge on any atom is -0.493 e. The van der Waals surface area contributed by atoms with Crippen molar-refractivity contribution in [2.45, 2.75) is 19.1 Å². The van der Waals surface area contributed by atoms with Crippen LogP contribution in [0, 0.1) is 0 Å².